The van der Waals surface area contributed by atoms with E-state index < -0.39 is 23.5 Å². The highest BCUT2D eigenvalue weighted by Crippen LogP contribution is 2.33. The number of carbonyl (C=O) groups is 1. The van der Waals surface area contributed by atoms with Crippen LogP contribution in [0.4, 0.5) is 13.2 Å². The Hall–Kier alpha value is -3.17. The summed E-state index contributed by atoms with van der Waals surface area (Å²) >= 11 is 1.84. The zero-order valence-electron chi connectivity index (χ0n) is 22.2. The van der Waals surface area contributed by atoms with Gasteiger partial charge in [0.05, 0.1) is 5.52 Å². The number of nitrogens with one attached hydrogen (secondary N) is 1. The maximum Gasteiger partial charge on any atom is 0.433 e. The summed E-state index contributed by atoms with van der Waals surface area (Å²) in [5, 5.41) is 18.1. The molecule has 0 saturated heterocycles. The van der Waals surface area contributed by atoms with Crippen LogP contribution in [0.5, 0.6) is 0 Å². The average Bonchev–Trinajstić information content (AvgIpc) is 3.60. The van der Waals surface area contributed by atoms with Crippen molar-refractivity contribution in [2.75, 3.05) is 6.54 Å². The lowest BCUT2D eigenvalue weighted by molar-refractivity contribution is -0.142. The molecular weight excluding hydrogens is 523 g/mol. The van der Waals surface area contributed by atoms with Crippen LogP contribution in [0.2, 0.25) is 0 Å². The van der Waals surface area contributed by atoms with Gasteiger partial charge in [0.15, 0.2) is 5.69 Å². The molecule has 1 aromatic carbocycles. The molecule has 3 aromatic heterocycles. The molecule has 0 saturated carbocycles. The molecule has 0 aliphatic heterocycles. The van der Waals surface area contributed by atoms with Gasteiger partial charge >= 0.3 is 12.1 Å². The van der Waals surface area contributed by atoms with Gasteiger partial charge in [-0.05, 0) is 53.7 Å². The van der Waals surface area contributed by atoms with Crippen molar-refractivity contribution in [2.24, 2.45) is 0 Å². The van der Waals surface area contributed by atoms with Gasteiger partial charge in [-0.3, -0.25) is 0 Å². The molecule has 5 nitrogen and oxygen atoms in total. The fraction of sp³-hybridized carbons (Fsp3) is 0.400. The first kappa shape index (κ1) is 30.4. The van der Waals surface area contributed by atoms with Crippen molar-refractivity contribution in [1.29, 1.82) is 0 Å². The Labute approximate surface area is 231 Å². The number of rotatable bonds is 13. The van der Waals surface area contributed by atoms with Gasteiger partial charge in [-0.15, -0.1) is 11.3 Å². The second-order valence-electron chi connectivity index (χ2n) is 9.40. The van der Waals surface area contributed by atoms with Crippen LogP contribution < -0.4 is 5.32 Å². The maximum atomic E-state index is 13.2. The van der Waals surface area contributed by atoms with Crippen LogP contribution in [0.25, 0.3) is 16.6 Å². The number of aromatic carboxylic acids is 1. The number of benzene rings is 1. The quantitative estimate of drug-likeness (QED) is 0.161. The third-order valence-electron chi connectivity index (χ3n) is 6.26. The monoisotopic (exact) mass is 559 g/mol. The van der Waals surface area contributed by atoms with Gasteiger partial charge in [-0.1, -0.05) is 88.3 Å². The van der Waals surface area contributed by atoms with Crippen LogP contribution >= 0.6 is 11.3 Å². The van der Waals surface area contributed by atoms with Crippen LogP contribution in [-0.2, 0) is 12.7 Å². The first-order valence-electron chi connectivity index (χ1n) is 13.4. The summed E-state index contributed by atoms with van der Waals surface area (Å²) in [7, 11) is 0. The molecule has 3 heterocycles. The third-order valence-corrected chi connectivity index (χ3v) is 7.14. The number of hydrogen-bond donors (Lipinski definition) is 2. The van der Waals surface area contributed by atoms with E-state index in [-0.39, 0.29) is 5.52 Å². The minimum absolute atomic E-state index is 0.0751. The second kappa shape index (κ2) is 15.4. The van der Waals surface area contributed by atoms with Crippen LogP contribution in [0.1, 0.15) is 79.3 Å². The molecule has 0 unspecified atom stereocenters. The van der Waals surface area contributed by atoms with Crippen molar-refractivity contribution in [2.45, 2.75) is 71.0 Å². The molecule has 0 radical (unpaired) electrons. The van der Waals surface area contributed by atoms with Crippen LogP contribution in [0.3, 0.4) is 0 Å². The largest absolute Gasteiger partial charge is 0.476 e. The van der Waals surface area contributed by atoms with Crippen LogP contribution in [0, 0.1) is 0 Å². The van der Waals surface area contributed by atoms with E-state index >= 15 is 0 Å². The van der Waals surface area contributed by atoms with Crippen molar-refractivity contribution in [1.82, 2.24) is 14.9 Å². The normalized spacial score (nSPS) is 11.4. The summed E-state index contributed by atoms with van der Waals surface area (Å²) in [5.74, 6) is -1.38. The Morgan fingerprint density at radius 2 is 1.62 bits per heavy atom. The van der Waals surface area contributed by atoms with Crippen LogP contribution in [-0.4, -0.2) is 27.2 Å². The van der Waals surface area contributed by atoms with Crippen LogP contribution in [0.15, 0.2) is 66.0 Å². The molecule has 0 bridgehead atoms. The number of halogens is 3. The molecule has 2 N–H and O–H groups in total. The number of carboxylic acid groups (broad SMARTS) is 1. The fourth-order valence-corrected chi connectivity index (χ4v) is 4.89. The van der Waals surface area contributed by atoms with Crippen molar-refractivity contribution in [3.8, 4) is 11.1 Å². The molecule has 0 amide bonds. The zero-order chi connectivity index (χ0) is 28.1. The molecule has 9 heteroatoms. The number of thiophene rings is 1. The van der Waals surface area contributed by atoms with E-state index in [9.17, 15) is 18.0 Å². The standard InChI is InChI=1S/C15H9F3N2O2.C15H27NS/c16-15(17,18)13-7-10(9-4-2-1-3-5-9)6-11-8-12(14(21)22)19-20(11)13;1-2-3-4-5-6-7-8-9-12-16-14-15-11-10-13-17-15/h1-8H,(H,21,22);10-11,13,16H,2-9,12,14H2,1H3. The first-order chi connectivity index (χ1) is 18.8. The lowest BCUT2D eigenvalue weighted by Crippen LogP contribution is -2.13. The van der Waals surface area contributed by atoms with Gasteiger partial charge in [0, 0.05) is 11.4 Å². The van der Waals surface area contributed by atoms with E-state index in [4.69, 9.17) is 5.11 Å². The highest BCUT2D eigenvalue weighted by atomic mass is 32.1. The van der Waals surface area contributed by atoms with E-state index in [0.717, 1.165) is 18.7 Å². The summed E-state index contributed by atoms with van der Waals surface area (Å²) in [6.07, 6.45) is 6.58. The summed E-state index contributed by atoms with van der Waals surface area (Å²) < 4.78 is 40.3. The Bertz CT molecular complexity index is 1270. The maximum absolute atomic E-state index is 13.2. The third kappa shape index (κ3) is 9.82. The number of nitrogens with zero attached hydrogens (tertiary/aromatic N) is 2. The highest BCUT2D eigenvalue weighted by molar-refractivity contribution is 7.09. The first-order valence-corrected chi connectivity index (χ1v) is 14.3. The number of pyridine rings is 1. The van der Waals surface area contributed by atoms with E-state index in [1.165, 1.54) is 68.9 Å². The van der Waals surface area contributed by atoms with Crippen molar-refractivity contribution >= 4 is 22.8 Å². The minimum Gasteiger partial charge on any atom is -0.476 e. The topological polar surface area (TPSA) is 66.6 Å². The number of aromatic nitrogens is 2. The molecule has 0 aliphatic carbocycles. The molecule has 0 fully saturated rings. The number of unbranched alkanes of at least 4 members (excludes halogenated alkanes) is 7. The highest BCUT2D eigenvalue weighted by Gasteiger charge is 2.35. The molecule has 0 atom stereocenters. The molecule has 0 aliphatic rings. The van der Waals surface area contributed by atoms with Gasteiger partial charge in [-0.2, -0.15) is 18.3 Å². The molecular formula is C30H36F3N3O2S. The van der Waals surface area contributed by atoms with Gasteiger partial charge in [0.2, 0.25) is 0 Å². The van der Waals surface area contributed by atoms with Crippen molar-refractivity contribution in [3.05, 3.63) is 82.3 Å². The second-order valence-corrected chi connectivity index (χ2v) is 10.4. The predicted octanol–water partition coefficient (Wildman–Crippen LogP) is 8.70. The number of carboxylic acids is 1. The van der Waals surface area contributed by atoms with Crippen molar-refractivity contribution < 1.29 is 23.1 Å². The molecule has 4 aromatic rings. The van der Waals surface area contributed by atoms with E-state index in [1.54, 1.807) is 30.3 Å². The summed E-state index contributed by atoms with van der Waals surface area (Å²) in [4.78, 5) is 12.4. The summed E-state index contributed by atoms with van der Waals surface area (Å²) in [6, 6.07) is 16.4. The summed E-state index contributed by atoms with van der Waals surface area (Å²) in [5.41, 5.74) is -0.427. The Kier molecular flexibility index (Phi) is 12.0. The zero-order valence-corrected chi connectivity index (χ0v) is 23.0. The average molecular weight is 560 g/mol. The molecule has 210 valence electrons. The summed E-state index contributed by atoms with van der Waals surface area (Å²) in [6.45, 7) is 4.50. The fourth-order valence-electron chi connectivity index (χ4n) is 4.21. The Morgan fingerprint density at radius 3 is 2.23 bits per heavy atom. The van der Waals surface area contributed by atoms with E-state index in [2.05, 4.69) is 34.9 Å². The lowest BCUT2D eigenvalue weighted by Gasteiger charge is -2.11. The molecule has 4 rings (SSSR count). The van der Waals surface area contributed by atoms with E-state index in [1.807, 2.05) is 11.3 Å². The number of fused-ring (bicyclic) bond motifs is 1. The molecule has 39 heavy (non-hydrogen) atoms. The number of alkyl halides is 3. The SMILES string of the molecule is CCCCCCCCCCNCc1cccs1.O=C(O)c1cc2cc(-c3ccccc3)cc(C(F)(F)F)n2n1. The van der Waals surface area contributed by atoms with Gasteiger partial charge < -0.3 is 10.4 Å². The lowest BCUT2D eigenvalue weighted by atomic mass is 10.1. The molecule has 0 spiro atoms. The predicted molar refractivity (Wildman–Crippen MR) is 151 cm³/mol. The Morgan fingerprint density at radius 1 is 0.923 bits per heavy atom. The number of hydrogen-bond acceptors (Lipinski definition) is 4. The van der Waals surface area contributed by atoms with E-state index in [0.29, 0.717) is 15.6 Å². The van der Waals surface area contributed by atoms with Gasteiger partial charge in [0.1, 0.15) is 5.69 Å². The van der Waals surface area contributed by atoms with Gasteiger partial charge in [-0.25, -0.2) is 9.31 Å². The van der Waals surface area contributed by atoms with Crippen molar-refractivity contribution in [3.63, 3.8) is 0 Å². The minimum atomic E-state index is -4.65. The van der Waals surface area contributed by atoms with Gasteiger partial charge in [0.25, 0.3) is 0 Å². The Balaban J connectivity index is 0.000000224. The smallest absolute Gasteiger partial charge is 0.433 e.